The van der Waals surface area contributed by atoms with Crippen LogP contribution >= 0.6 is 0 Å². The van der Waals surface area contributed by atoms with Crippen LogP contribution in [-0.4, -0.2) is 35.6 Å². The lowest BCUT2D eigenvalue weighted by molar-refractivity contribution is -0.187. The van der Waals surface area contributed by atoms with Crippen molar-refractivity contribution in [2.75, 3.05) is 13.6 Å². The summed E-state index contributed by atoms with van der Waals surface area (Å²) in [6, 6.07) is 0. The summed E-state index contributed by atoms with van der Waals surface area (Å²) in [5.74, 6) is -1.28. The Kier molecular flexibility index (Phi) is 2.43. The summed E-state index contributed by atoms with van der Waals surface area (Å²) >= 11 is 0. The van der Waals surface area contributed by atoms with Crippen LogP contribution in [0.25, 0.3) is 0 Å². The van der Waals surface area contributed by atoms with Gasteiger partial charge in [0, 0.05) is 13.0 Å². The molecular weight excluding hydrogens is 252 g/mol. The number of hydrogen-bond acceptors (Lipinski definition) is 7. The third kappa shape index (κ3) is 1.58. The number of aryl methyl sites for hydroxylation is 1. The van der Waals surface area contributed by atoms with Crippen LogP contribution in [0.4, 0.5) is 0 Å². The van der Waals surface area contributed by atoms with Gasteiger partial charge in [-0.25, -0.2) is 9.59 Å². The number of ether oxygens (including phenoxy) is 2. The second-order valence-electron chi connectivity index (χ2n) is 5.18. The average Bonchev–Trinajstić information content (AvgIpc) is 2.78. The Balaban J connectivity index is 2.18. The van der Waals surface area contributed by atoms with Crippen molar-refractivity contribution < 1.29 is 23.6 Å². The molecule has 2 atom stereocenters. The summed E-state index contributed by atoms with van der Waals surface area (Å²) in [6.07, 6.45) is 0.535. The molecule has 3 heterocycles. The SMILES string of the molecule is Cc1noc2c1OC(=O)C(=O)OC21CC(C)CN1C. The second-order valence-corrected chi connectivity index (χ2v) is 5.18. The maximum absolute atomic E-state index is 11.7. The van der Waals surface area contributed by atoms with Crippen molar-refractivity contribution >= 4 is 11.9 Å². The molecule has 0 radical (unpaired) electrons. The van der Waals surface area contributed by atoms with Gasteiger partial charge in [-0.15, -0.1) is 0 Å². The van der Waals surface area contributed by atoms with E-state index in [9.17, 15) is 9.59 Å². The summed E-state index contributed by atoms with van der Waals surface area (Å²) in [5.41, 5.74) is -0.673. The molecule has 1 saturated heterocycles. The van der Waals surface area contributed by atoms with E-state index in [-0.39, 0.29) is 11.5 Å². The number of esters is 2. The fraction of sp³-hybridized carbons (Fsp3) is 0.583. The largest absolute Gasteiger partial charge is 0.427 e. The molecule has 2 aliphatic heterocycles. The minimum Gasteiger partial charge on any atom is -0.427 e. The number of nitrogens with zero attached hydrogens (tertiary/aromatic N) is 2. The first kappa shape index (κ1) is 12.2. The third-order valence-electron chi connectivity index (χ3n) is 3.61. The molecule has 0 saturated carbocycles. The van der Waals surface area contributed by atoms with Crippen molar-refractivity contribution in [3.05, 3.63) is 11.5 Å². The Hall–Kier alpha value is -1.89. The predicted molar refractivity (Wildman–Crippen MR) is 61.1 cm³/mol. The lowest BCUT2D eigenvalue weighted by Gasteiger charge is -2.31. The summed E-state index contributed by atoms with van der Waals surface area (Å²) < 4.78 is 15.7. The molecule has 1 aromatic heterocycles. The van der Waals surface area contributed by atoms with Gasteiger partial charge in [-0.05, 0) is 19.9 Å². The van der Waals surface area contributed by atoms with Crippen molar-refractivity contribution in [2.45, 2.75) is 26.0 Å². The lowest BCUT2D eigenvalue weighted by atomic mass is 10.0. The molecule has 0 aromatic carbocycles. The number of likely N-dealkylation sites (tertiary alicyclic amines) is 1. The summed E-state index contributed by atoms with van der Waals surface area (Å²) in [4.78, 5) is 25.1. The molecule has 0 amide bonds. The second kappa shape index (κ2) is 3.80. The first-order valence-electron chi connectivity index (χ1n) is 6.07. The molecule has 2 aliphatic rings. The van der Waals surface area contributed by atoms with E-state index in [1.807, 2.05) is 18.9 Å². The maximum atomic E-state index is 11.7. The third-order valence-corrected chi connectivity index (χ3v) is 3.61. The fourth-order valence-corrected chi connectivity index (χ4v) is 2.80. The van der Waals surface area contributed by atoms with Crippen molar-refractivity contribution in [1.82, 2.24) is 10.1 Å². The van der Waals surface area contributed by atoms with Gasteiger partial charge in [-0.2, -0.15) is 0 Å². The molecule has 102 valence electrons. The van der Waals surface area contributed by atoms with E-state index in [1.165, 1.54) is 0 Å². The monoisotopic (exact) mass is 266 g/mol. The van der Waals surface area contributed by atoms with Gasteiger partial charge >= 0.3 is 11.9 Å². The van der Waals surface area contributed by atoms with Crippen LogP contribution in [0.5, 0.6) is 5.75 Å². The Bertz CT molecular complexity index is 566. The quantitative estimate of drug-likeness (QED) is 0.501. The number of carbonyl (C=O) groups is 2. The Morgan fingerprint density at radius 3 is 2.74 bits per heavy atom. The summed E-state index contributed by atoms with van der Waals surface area (Å²) in [7, 11) is 1.81. The molecule has 1 aromatic rings. The average molecular weight is 266 g/mol. The van der Waals surface area contributed by atoms with E-state index in [2.05, 4.69) is 5.16 Å². The highest BCUT2D eigenvalue weighted by molar-refractivity contribution is 6.30. The maximum Gasteiger partial charge on any atom is 0.423 e. The van der Waals surface area contributed by atoms with Gasteiger partial charge in [0.15, 0.2) is 0 Å². The zero-order valence-electron chi connectivity index (χ0n) is 10.9. The predicted octanol–water partition coefficient (Wildman–Crippen LogP) is 0.570. The minimum absolute atomic E-state index is 0.191. The molecule has 0 bridgehead atoms. The van der Waals surface area contributed by atoms with Crippen molar-refractivity contribution in [1.29, 1.82) is 0 Å². The van der Waals surface area contributed by atoms with E-state index < -0.39 is 17.7 Å². The Morgan fingerprint density at radius 2 is 2.11 bits per heavy atom. The van der Waals surface area contributed by atoms with Gasteiger partial charge in [0.25, 0.3) is 0 Å². The number of hydrogen-bond donors (Lipinski definition) is 0. The van der Waals surface area contributed by atoms with Crippen molar-refractivity contribution in [2.24, 2.45) is 5.92 Å². The van der Waals surface area contributed by atoms with Gasteiger partial charge in [-0.3, -0.25) is 4.90 Å². The molecule has 7 nitrogen and oxygen atoms in total. The molecule has 1 fully saturated rings. The van der Waals surface area contributed by atoms with E-state index in [4.69, 9.17) is 14.0 Å². The number of rotatable bonds is 0. The fourth-order valence-electron chi connectivity index (χ4n) is 2.80. The first-order chi connectivity index (χ1) is 8.94. The molecular formula is C12H14N2O5. The molecule has 3 rings (SSSR count). The van der Waals surface area contributed by atoms with Crippen molar-refractivity contribution in [3.63, 3.8) is 0 Å². The zero-order valence-corrected chi connectivity index (χ0v) is 10.9. The molecule has 7 heteroatoms. The van der Waals surface area contributed by atoms with Crippen LogP contribution in [0.2, 0.25) is 0 Å². The number of aromatic nitrogens is 1. The Labute approximate surface area is 109 Å². The lowest BCUT2D eigenvalue weighted by Crippen LogP contribution is -2.42. The van der Waals surface area contributed by atoms with Crippen LogP contribution < -0.4 is 4.74 Å². The summed E-state index contributed by atoms with van der Waals surface area (Å²) in [6.45, 7) is 4.41. The van der Waals surface area contributed by atoms with Gasteiger partial charge in [-0.1, -0.05) is 12.1 Å². The van der Waals surface area contributed by atoms with Crippen molar-refractivity contribution in [3.8, 4) is 5.75 Å². The molecule has 0 N–H and O–H groups in total. The summed E-state index contributed by atoms with van der Waals surface area (Å²) in [5, 5.41) is 3.81. The number of fused-ring (bicyclic) bond motifs is 2. The van der Waals surface area contributed by atoms with Gasteiger partial charge in [0.1, 0.15) is 5.69 Å². The molecule has 2 unspecified atom stereocenters. The van der Waals surface area contributed by atoms with Crippen LogP contribution in [0.3, 0.4) is 0 Å². The molecule has 0 aliphatic carbocycles. The first-order valence-corrected chi connectivity index (χ1v) is 6.07. The minimum atomic E-state index is -1.10. The highest BCUT2D eigenvalue weighted by Gasteiger charge is 2.55. The van der Waals surface area contributed by atoms with Crippen LogP contribution in [0.15, 0.2) is 4.52 Å². The normalized spacial score (nSPS) is 31.0. The van der Waals surface area contributed by atoms with Crippen LogP contribution in [-0.2, 0) is 20.1 Å². The van der Waals surface area contributed by atoms with E-state index in [0.29, 0.717) is 18.0 Å². The van der Waals surface area contributed by atoms with Crippen LogP contribution in [0.1, 0.15) is 24.8 Å². The highest BCUT2D eigenvalue weighted by Crippen LogP contribution is 2.47. The zero-order chi connectivity index (χ0) is 13.8. The van der Waals surface area contributed by atoms with Gasteiger partial charge in [0.2, 0.25) is 17.2 Å². The standard InChI is InChI=1S/C12H14N2O5/c1-6-4-12(14(3)5-6)9-8(7(2)13-19-9)17-10(15)11(16)18-12/h6H,4-5H2,1-3H3. The van der Waals surface area contributed by atoms with E-state index >= 15 is 0 Å². The molecule has 1 spiro atoms. The molecule has 19 heavy (non-hydrogen) atoms. The van der Waals surface area contributed by atoms with E-state index in [1.54, 1.807) is 6.92 Å². The van der Waals surface area contributed by atoms with Crippen LogP contribution in [0, 0.1) is 12.8 Å². The number of carbonyl (C=O) groups excluding carboxylic acids is 2. The smallest absolute Gasteiger partial charge is 0.423 e. The van der Waals surface area contributed by atoms with Gasteiger partial charge in [0.05, 0.1) is 0 Å². The topological polar surface area (TPSA) is 81.9 Å². The van der Waals surface area contributed by atoms with Gasteiger partial charge < -0.3 is 14.0 Å². The Morgan fingerprint density at radius 1 is 1.37 bits per heavy atom. The van der Waals surface area contributed by atoms with E-state index in [0.717, 1.165) is 6.54 Å². The highest BCUT2D eigenvalue weighted by atomic mass is 16.6.